The minimum Gasteiger partial charge on any atom is -0.480 e. The first kappa shape index (κ1) is 13.5. The lowest BCUT2D eigenvalue weighted by atomic mass is 10.4. The Labute approximate surface area is 116 Å². The van der Waals surface area contributed by atoms with Gasteiger partial charge < -0.3 is 10.1 Å². The van der Waals surface area contributed by atoms with Gasteiger partial charge in [0.2, 0.25) is 11.8 Å². The van der Waals surface area contributed by atoms with Gasteiger partial charge in [-0.3, -0.25) is 4.90 Å². The Morgan fingerprint density at radius 2 is 2.33 bits per heavy atom. The summed E-state index contributed by atoms with van der Waals surface area (Å²) < 4.78 is 5.90. The number of ether oxygens (including phenoxy) is 1. The van der Waals surface area contributed by atoms with Crippen molar-refractivity contribution < 1.29 is 4.74 Å². The Morgan fingerprint density at radius 3 is 2.94 bits per heavy atom. The van der Waals surface area contributed by atoms with Gasteiger partial charge in [-0.05, 0) is 35.3 Å². The zero-order chi connectivity index (χ0) is 13.0. The Morgan fingerprint density at radius 1 is 1.56 bits per heavy atom. The fourth-order valence-corrected chi connectivity index (χ4v) is 2.28. The van der Waals surface area contributed by atoms with Gasteiger partial charge in [-0.15, -0.1) is 0 Å². The van der Waals surface area contributed by atoms with Gasteiger partial charge in [0.1, 0.15) is 0 Å². The van der Waals surface area contributed by atoms with Crippen molar-refractivity contribution in [3.05, 3.63) is 10.7 Å². The average Bonchev–Trinajstić information content (AvgIpc) is 3.21. The van der Waals surface area contributed by atoms with Crippen LogP contribution in [0.4, 0.5) is 5.95 Å². The molecule has 1 aromatic rings. The molecule has 1 heterocycles. The molecule has 1 aromatic heterocycles. The number of methoxy groups -OCH3 is 1. The van der Waals surface area contributed by atoms with E-state index in [-0.39, 0.29) is 0 Å². The summed E-state index contributed by atoms with van der Waals surface area (Å²) in [5, 5.41) is 3.23. The molecule has 0 aliphatic heterocycles. The molecule has 0 aromatic carbocycles. The summed E-state index contributed by atoms with van der Waals surface area (Å²) in [4.78, 5) is 11.0. The normalized spacial score (nSPS) is 14.9. The van der Waals surface area contributed by atoms with Crippen LogP contribution in [0.5, 0.6) is 5.88 Å². The van der Waals surface area contributed by atoms with E-state index in [1.807, 2.05) is 0 Å². The van der Waals surface area contributed by atoms with Crippen molar-refractivity contribution in [1.82, 2.24) is 14.9 Å². The number of anilines is 1. The fraction of sp³-hybridized carbons (Fsp3) is 0.667. The highest BCUT2D eigenvalue weighted by atomic mass is 79.9. The SMILES string of the molecule is CCN(CCNc1ncc(Br)c(OC)n1)C1CC1. The van der Waals surface area contributed by atoms with Crippen LogP contribution in [0.2, 0.25) is 0 Å². The predicted octanol–water partition coefficient (Wildman–Crippen LogP) is 2.14. The lowest BCUT2D eigenvalue weighted by molar-refractivity contribution is 0.288. The van der Waals surface area contributed by atoms with E-state index < -0.39 is 0 Å². The Bertz CT molecular complexity index is 398. The number of nitrogens with zero attached hydrogens (tertiary/aromatic N) is 3. The van der Waals surface area contributed by atoms with Crippen molar-refractivity contribution in [2.24, 2.45) is 0 Å². The number of hydrogen-bond donors (Lipinski definition) is 1. The Kier molecular flexibility index (Phi) is 4.77. The van der Waals surface area contributed by atoms with E-state index in [9.17, 15) is 0 Å². The number of likely N-dealkylation sites (N-methyl/N-ethyl adjacent to an activating group) is 1. The highest BCUT2D eigenvalue weighted by Crippen LogP contribution is 2.26. The number of halogens is 1. The molecule has 18 heavy (non-hydrogen) atoms. The van der Waals surface area contributed by atoms with Crippen molar-refractivity contribution in [1.29, 1.82) is 0 Å². The molecule has 0 spiro atoms. The summed E-state index contributed by atoms with van der Waals surface area (Å²) in [6.07, 6.45) is 4.39. The van der Waals surface area contributed by atoms with Crippen LogP contribution in [0.3, 0.4) is 0 Å². The molecule has 100 valence electrons. The molecule has 0 bridgehead atoms. The summed E-state index contributed by atoms with van der Waals surface area (Å²) >= 11 is 3.33. The topological polar surface area (TPSA) is 50.3 Å². The van der Waals surface area contributed by atoms with Gasteiger partial charge in [-0.1, -0.05) is 6.92 Å². The second kappa shape index (κ2) is 6.33. The molecule has 0 atom stereocenters. The maximum absolute atomic E-state index is 5.13. The molecule has 6 heteroatoms. The number of aromatic nitrogens is 2. The molecule has 1 aliphatic rings. The monoisotopic (exact) mass is 314 g/mol. The summed E-state index contributed by atoms with van der Waals surface area (Å²) in [5.74, 6) is 1.17. The van der Waals surface area contributed by atoms with Crippen molar-refractivity contribution in [2.75, 3.05) is 32.1 Å². The maximum Gasteiger partial charge on any atom is 0.232 e. The molecule has 2 rings (SSSR count). The maximum atomic E-state index is 5.13. The van der Waals surface area contributed by atoms with Crippen LogP contribution >= 0.6 is 15.9 Å². The highest BCUT2D eigenvalue weighted by molar-refractivity contribution is 9.10. The van der Waals surface area contributed by atoms with E-state index >= 15 is 0 Å². The molecule has 1 saturated carbocycles. The minimum absolute atomic E-state index is 0.557. The molecule has 5 nitrogen and oxygen atoms in total. The first-order valence-electron chi connectivity index (χ1n) is 6.29. The predicted molar refractivity (Wildman–Crippen MR) is 75.0 cm³/mol. The summed E-state index contributed by atoms with van der Waals surface area (Å²) in [5.41, 5.74) is 0. The van der Waals surface area contributed by atoms with E-state index in [0.29, 0.717) is 11.8 Å². The van der Waals surface area contributed by atoms with E-state index in [0.717, 1.165) is 30.1 Å². The van der Waals surface area contributed by atoms with E-state index in [2.05, 4.69) is 43.0 Å². The second-order valence-electron chi connectivity index (χ2n) is 4.34. The lowest BCUT2D eigenvalue weighted by Gasteiger charge is -2.19. The molecule has 0 unspecified atom stereocenters. The largest absolute Gasteiger partial charge is 0.480 e. The van der Waals surface area contributed by atoms with Crippen molar-refractivity contribution in [3.8, 4) is 5.88 Å². The zero-order valence-electron chi connectivity index (χ0n) is 10.8. The third kappa shape index (κ3) is 3.55. The van der Waals surface area contributed by atoms with Gasteiger partial charge in [0.15, 0.2) is 0 Å². The van der Waals surface area contributed by atoms with E-state index in [4.69, 9.17) is 4.74 Å². The minimum atomic E-state index is 0.557. The van der Waals surface area contributed by atoms with Gasteiger partial charge >= 0.3 is 0 Å². The summed E-state index contributed by atoms with van der Waals surface area (Å²) in [7, 11) is 1.60. The quantitative estimate of drug-likeness (QED) is 0.835. The number of hydrogen-bond acceptors (Lipinski definition) is 5. The van der Waals surface area contributed by atoms with Crippen LogP contribution in [0.15, 0.2) is 10.7 Å². The zero-order valence-corrected chi connectivity index (χ0v) is 12.4. The van der Waals surface area contributed by atoms with Crippen molar-refractivity contribution in [3.63, 3.8) is 0 Å². The van der Waals surface area contributed by atoms with Gasteiger partial charge in [-0.2, -0.15) is 4.98 Å². The van der Waals surface area contributed by atoms with Crippen LogP contribution in [-0.4, -0.2) is 47.7 Å². The van der Waals surface area contributed by atoms with Crippen molar-refractivity contribution >= 4 is 21.9 Å². The average molecular weight is 315 g/mol. The first-order valence-corrected chi connectivity index (χ1v) is 7.08. The smallest absolute Gasteiger partial charge is 0.232 e. The van der Waals surface area contributed by atoms with Crippen LogP contribution in [0.1, 0.15) is 19.8 Å². The van der Waals surface area contributed by atoms with Crippen LogP contribution in [0, 0.1) is 0 Å². The molecular weight excluding hydrogens is 296 g/mol. The van der Waals surface area contributed by atoms with Gasteiger partial charge in [0.25, 0.3) is 0 Å². The van der Waals surface area contributed by atoms with Gasteiger partial charge in [-0.25, -0.2) is 4.98 Å². The Hall–Kier alpha value is -0.880. The third-order valence-electron chi connectivity index (χ3n) is 3.06. The highest BCUT2D eigenvalue weighted by Gasteiger charge is 2.27. The number of nitrogens with one attached hydrogen (secondary N) is 1. The van der Waals surface area contributed by atoms with Crippen LogP contribution in [0.25, 0.3) is 0 Å². The first-order chi connectivity index (χ1) is 8.74. The molecule has 0 amide bonds. The summed E-state index contributed by atoms with van der Waals surface area (Å²) in [6, 6.07) is 0.803. The van der Waals surface area contributed by atoms with Crippen LogP contribution < -0.4 is 10.1 Å². The standard InChI is InChI=1S/C12H19BrN4O/c1-3-17(9-4-5-9)7-6-14-12-15-8-10(13)11(16-12)18-2/h8-9H,3-7H2,1-2H3,(H,14,15,16). The van der Waals surface area contributed by atoms with Crippen molar-refractivity contribution in [2.45, 2.75) is 25.8 Å². The van der Waals surface area contributed by atoms with Gasteiger partial charge in [0.05, 0.1) is 17.8 Å². The molecular formula is C12H19BrN4O. The molecule has 0 radical (unpaired) electrons. The fourth-order valence-electron chi connectivity index (χ4n) is 1.93. The van der Waals surface area contributed by atoms with E-state index in [1.54, 1.807) is 13.3 Å². The molecule has 1 aliphatic carbocycles. The molecule has 1 fully saturated rings. The molecule has 0 saturated heterocycles. The number of rotatable bonds is 7. The third-order valence-corrected chi connectivity index (χ3v) is 3.60. The second-order valence-corrected chi connectivity index (χ2v) is 5.19. The van der Waals surface area contributed by atoms with E-state index in [1.165, 1.54) is 12.8 Å². The Balaban J connectivity index is 1.82. The molecule has 1 N–H and O–H groups in total. The van der Waals surface area contributed by atoms with Crippen LogP contribution in [-0.2, 0) is 0 Å². The lowest BCUT2D eigenvalue weighted by Crippen LogP contribution is -2.31. The van der Waals surface area contributed by atoms with Gasteiger partial charge in [0, 0.05) is 19.1 Å². The summed E-state index contributed by atoms with van der Waals surface area (Å²) in [6.45, 7) is 5.20.